The van der Waals surface area contributed by atoms with Gasteiger partial charge in [-0.15, -0.1) is 0 Å². The van der Waals surface area contributed by atoms with E-state index in [4.69, 9.17) is 4.74 Å². The van der Waals surface area contributed by atoms with Crippen LogP contribution in [-0.2, 0) is 4.79 Å². The van der Waals surface area contributed by atoms with E-state index in [2.05, 4.69) is 6.92 Å². The van der Waals surface area contributed by atoms with Gasteiger partial charge in [0.2, 0.25) is 5.91 Å². The third kappa shape index (κ3) is 4.47. The molecular weight excluding hydrogens is 292 g/mol. The molecule has 1 atom stereocenters. The first-order valence-electron chi connectivity index (χ1n) is 8.18. The van der Waals surface area contributed by atoms with Crippen LogP contribution in [0.5, 0.6) is 5.75 Å². The highest BCUT2D eigenvalue weighted by Gasteiger charge is 2.38. The summed E-state index contributed by atoms with van der Waals surface area (Å²) in [6, 6.07) is 9.10. The Morgan fingerprint density at radius 3 is 2.57 bits per heavy atom. The summed E-state index contributed by atoms with van der Waals surface area (Å²) in [5.74, 6) is 0.666. The molecule has 0 aliphatic carbocycles. The topological polar surface area (TPSA) is 49.9 Å². The minimum absolute atomic E-state index is 0.116. The van der Waals surface area contributed by atoms with E-state index in [1.54, 1.807) is 36.0 Å². The van der Waals surface area contributed by atoms with E-state index >= 15 is 0 Å². The zero-order chi connectivity index (χ0) is 16.9. The Morgan fingerprint density at radius 2 is 1.96 bits per heavy atom. The number of likely N-dealkylation sites (tertiary alicyclic amines) is 1. The van der Waals surface area contributed by atoms with Gasteiger partial charge in [0.15, 0.2) is 0 Å². The van der Waals surface area contributed by atoms with Gasteiger partial charge in [0.25, 0.3) is 0 Å². The minimum atomic E-state index is -0.328. The first-order valence-corrected chi connectivity index (χ1v) is 8.18. The zero-order valence-electron chi connectivity index (χ0n) is 14.2. The molecule has 0 N–H and O–H groups in total. The summed E-state index contributed by atoms with van der Waals surface area (Å²) >= 11 is 0. The van der Waals surface area contributed by atoms with Crippen molar-refractivity contribution in [2.75, 3.05) is 27.2 Å². The summed E-state index contributed by atoms with van der Waals surface area (Å²) in [4.78, 5) is 27.9. The average Bonchev–Trinajstić information content (AvgIpc) is 2.55. The van der Waals surface area contributed by atoms with Crippen LogP contribution in [0.4, 0.5) is 4.79 Å². The zero-order valence-corrected chi connectivity index (χ0v) is 14.2. The van der Waals surface area contributed by atoms with E-state index in [9.17, 15) is 9.59 Å². The first kappa shape index (κ1) is 17.3. The second-order valence-electron chi connectivity index (χ2n) is 6.52. The summed E-state index contributed by atoms with van der Waals surface area (Å²) in [5.41, 5.74) is -0.144. The quantitative estimate of drug-likeness (QED) is 0.857. The summed E-state index contributed by atoms with van der Waals surface area (Å²) in [7, 11) is 3.55. The third-order valence-electron chi connectivity index (χ3n) is 4.64. The van der Waals surface area contributed by atoms with Crippen molar-refractivity contribution in [3.8, 4) is 5.75 Å². The number of hydrogen-bond acceptors (Lipinski definition) is 3. The highest BCUT2D eigenvalue weighted by Crippen LogP contribution is 2.37. The molecule has 1 aliphatic heterocycles. The fourth-order valence-corrected chi connectivity index (χ4v) is 3.05. The van der Waals surface area contributed by atoms with E-state index in [-0.39, 0.29) is 17.4 Å². The number of piperidine rings is 1. The van der Waals surface area contributed by atoms with Crippen LogP contribution < -0.4 is 4.74 Å². The maximum Gasteiger partial charge on any atom is 0.415 e. The van der Waals surface area contributed by atoms with Crippen molar-refractivity contribution in [1.29, 1.82) is 0 Å². The minimum Gasteiger partial charge on any atom is -0.410 e. The molecule has 2 amide bonds. The molecular formula is C18H26N2O3. The molecule has 23 heavy (non-hydrogen) atoms. The standard InChI is InChI=1S/C18H26N2O3/c1-4-18(13-16(21)19(2)3)11-8-12-20(14-18)17(22)23-15-9-6-5-7-10-15/h5-7,9-10H,4,8,11-14H2,1-3H3. The molecule has 1 saturated heterocycles. The lowest BCUT2D eigenvalue weighted by molar-refractivity contribution is -0.132. The van der Waals surface area contributed by atoms with E-state index in [1.165, 1.54) is 0 Å². The second-order valence-corrected chi connectivity index (χ2v) is 6.52. The molecule has 0 radical (unpaired) electrons. The van der Waals surface area contributed by atoms with Crippen LogP contribution in [0.1, 0.15) is 32.6 Å². The Labute approximate surface area is 138 Å². The Hall–Kier alpha value is -2.04. The molecule has 0 spiro atoms. The normalized spacial score (nSPS) is 20.9. The summed E-state index contributed by atoms with van der Waals surface area (Å²) in [6.07, 6.45) is 2.90. The molecule has 5 heteroatoms. The van der Waals surface area contributed by atoms with Gasteiger partial charge in [-0.1, -0.05) is 25.1 Å². The summed E-state index contributed by atoms with van der Waals surface area (Å²) < 4.78 is 5.44. The Balaban J connectivity index is 2.03. The number of ether oxygens (including phenoxy) is 1. The van der Waals surface area contributed by atoms with Crippen LogP contribution in [0.2, 0.25) is 0 Å². The monoisotopic (exact) mass is 318 g/mol. The lowest BCUT2D eigenvalue weighted by Crippen LogP contribution is -2.48. The molecule has 1 unspecified atom stereocenters. The highest BCUT2D eigenvalue weighted by atomic mass is 16.6. The molecule has 0 saturated carbocycles. The van der Waals surface area contributed by atoms with Crippen molar-refractivity contribution >= 4 is 12.0 Å². The number of hydrogen-bond donors (Lipinski definition) is 0. The lowest BCUT2D eigenvalue weighted by Gasteiger charge is -2.42. The Bertz CT molecular complexity index is 544. The van der Waals surface area contributed by atoms with Crippen LogP contribution in [0.15, 0.2) is 30.3 Å². The third-order valence-corrected chi connectivity index (χ3v) is 4.64. The Kier molecular flexibility index (Phi) is 5.64. The molecule has 1 aromatic carbocycles. The predicted octanol–water partition coefficient (Wildman–Crippen LogP) is 3.16. The number of carbonyl (C=O) groups is 2. The SMILES string of the molecule is CCC1(CC(=O)N(C)C)CCCN(C(=O)Oc2ccccc2)C1. The van der Waals surface area contributed by atoms with Crippen molar-refractivity contribution in [1.82, 2.24) is 9.80 Å². The second kappa shape index (κ2) is 7.49. The van der Waals surface area contributed by atoms with Gasteiger partial charge in [0.05, 0.1) is 0 Å². The number of carbonyl (C=O) groups excluding carboxylic acids is 2. The summed E-state index contributed by atoms with van der Waals surface area (Å²) in [6.45, 7) is 3.35. The van der Waals surface area contributed by atoms with Crippen LogP contribution in [0, 0.1) is 5.41 Å². The van der Waals surface area contributed by atoms with Gasteiger partial charge in [-0.3, -0.25) is 4.79 Å². The average molecular weight is 318 g/mol. The van der Waals surface area contributed by atoms with Gasteiger partial charge in [0, 0.05) is 33.6 Å². The van der Waals surface area contributed by atoms with Crippen LogP contribution in [0.25, 0.3) is 0 Å². The van der Waals surface area contributed by atoms with Crippen LogP contribution in [-0.4, -0.2) is 49.0 Å². The molecule has 1 aliphatic rings. The number of benzene rings is 1. The molecule has 1 fully saturated rings. The lowest BCUT2D eigenvalue weighted by atomic mass is 9.74. The van der Waals surface area contributed by atoms with Crippen LogP contribution >= 0.6 is 0 Å². The van der Waals surface area contributed by atoms with E-state index in [1.807, 2.05) is 18.2 Å². The van der Waals surface area contributed by atoms with Gasteiger partial charge in [-0.25, -0.2) is 4.79 Å². The maximum absolute atomic E-state index is 12.4. The predicted molar refractivity (Wildman–Crippen MR) is 89.3 cm³/mol. The fourth-order valence-electron chi connectivity index (χ4n) is 3.05. The van der Waals surface area contributed by atoms with Crippen molar-refractivity contribution in [3.63, 3.8) is 0 Å². The summed E-state index contributed by atoms with van der Waals surface area (Å²) in [5, 5.41) is 0. The van der Waals surface area contributed by atoms with Crippen molar-refractivity contribution in [2.24, 2.45) is 5.41 Å². The molecule has 126 valence electrons. The number of rotatable bonds is 4. The fraction of sp³-hybridized carbons (Fsp3) is 0.556. The highest BCUT2D eigenvalue weighted by molar-refractivity contribution is 5.76. The van der Waals surface area contributed by atoms with Crippen LogP contribution in [0.3, 0.4) is 0 Å². The molecule has 2 rings (SSSR count). The molecule has 0 aromatic heterocycles. The van der Waals surface area contributed by atoms with Gasteiger partial charge >= 0.3 is 6.09 Å². The van der Waals surface area contributed by atoms with Gasteiger partial charge in [-0.2, -0.15) is 0 Å². The number of nitrogens with zero attached hydrogens (tertiary/aromatic N) is 2. The molecule has 1 aromatic rings. The van der Waals surface area contributed by atoms with E-state index in [0.29, 0.717) is 25.3 Å². The maximum atomic E-state index is 12.4. The molecule has 5 nitrogen and oxygen atoms in total. The van der Waals surface area contributed by atoms with E-state index < -0.39 is 0 Å². The Morgan fingerprint density at radius 1 is 1.26 bits per heavy atom. The van der Waals surface area contributed by atoms with Gasteiger partial charge < -0.3 is 14.5 Å². The molecule has 1 heterocycles. The van der Waals surface area contributed by atoms with Crippen molar-refractivity contribution in [3.05, 3.63) is 30.3 Å². The number of para-hydroxylation sites is 1. The molecule has 0 bridgehead atoms. The van der Waals surface area contributed by atoms with Crippen molar-refractivity contribution < 1.29 is 14.3 Å². The first-order chi connectivity index (χ1) is 11.0. The van der Waals surface area contributed by atoms with Gasteiger partial charge in [0.1, 0.15) is 5.75 Å². The smallest absolute Gasteiger partial charge is 0.410 e. The van der Waals surface area contributed by atoms with Gasteiger partial charge in [-0.05, 0) is 36.8 Å². The largest absolute Gasteiger partial charge is 0.415 e. The van der Waals surface area contributed by atoms with Crippen molar-refractivity contribution in [2.45, 2.75) is 32.6 Å². The van der Waals surface area contributed by atoms with E-state index in [0.717, 1.165) is 19.3 Å². The number of amides is 2.